The van der Waals surface area contributed by atoms with Gasteiger partial charge in [-0.05, 0) is 31.9 Å². The van der Waals surface area contributed by atoms with Gasteiger partial charge in [-0.2, -0.15) is 13.2 Å². The quantitative estimate of drug-likeness (QED) is 0.257. The average Bonchev–Trinajstić information content (AvgIpc) is 3.04. The number of hydrogen-bond donors (Lipinski definition) is 3. The molecule has 1 saturated carbocycles. The normalized spacial score (nSPS) is 15.6. The molecule has 0 amide bonds. The predicted octanol–water partition coefficient (Wildman–Crippen LogP) is 3.63. The molecule has 9 heteroatoms. The van der Waals surface area contributed by atoms with E-state index in [1.54, 1.807) is 0 Å². The van der Waals surface area contributed by atoms with E-state index in [2.05, 4.69) is 25.9 Å². The smallest absolute Gasteiger partial charge is 0.368 e. The molecule has 0 bridgehead atoms. The van der Waals surface area contributed by atoms with Gasteiger partial charge in [0.1, 0.15) is 5.82 Å². The molecular formula is C16H25F3IN5. The lowest BCUT2D eigenvalue weighted by atomic mass is 10.2. The number of alkyl halides is 3. The Kier molecular flexibility index (Phi) is 9.30. The molecule has 0 atom stereocenters. The summed E-state index contributed by atoms with van der Waals surface area (Å²) in [6, 6.07) is 2.73. The van der Waals surface area contributed by atoms with E-state index in [0.717, 1.165) is 25.5 Å². The fourth-order valence-electron chi connectivity index (χ4n) is 2.70. The Morgan fingerprint density at radius 2 is 2.04 bits per heavy atom. The van der Waals surface area contributed by atoms with Crippen molar-refractivity contribution in [3.8, 4) is 0 Å². The van der Waals surface area contributed by atoms with Gasteiger partial charge in [0.05, 0.1) is 12.1 Å². The number of anilines is 1. The van der Waals surface area contributed by atoms with Crippen LogP contribution < -0.4 is 16.0 Å². The van der Waals surface area contributed by atoms with Crippen LogP contribution in [0.5, 0.6) is 0 Å². The molecule has 1 heterocycles. The number of hydrogen-bond acceptors (Lipinski definition) is 3. The molecule has 3 N–H and O–H groups in total. The van der Waals surface area contributed by atoms with Crippen molar-refractivity contribution < 1.29 is 13.2 Å². The van der Waals surface area contributed by atoms with Crippen LogP contribution in [-0.4, -0.2) is 36.6 Å². The minimum Gasteiger partial charge on any atom is -0.368 e. The molecule has 1 aromatic heterocycles. The maximum absolute atomic E-state index is 12.9. The summed E-state index contributed by atoms with van der Waals surface area (Å²) >= 11 is 0. The Morgan fingerprint density at radius 3 is 2.68 bits per heavy atom. The van der Waals surface area contributed by atoms with E-state index >= 15 is 0 Å². The standard InChI is InChI=1S/C16H24F3N5.HI/c1-2-20-15(24-12-6-3-4-7-12)23-11-10-22-14-13(16(17,18)19)8-5-9-21-14;/h5,8-9,12H,2-4,6-7,10-11H2,1H3,(H,21,22)(H2,20,23,24);1H. The summed E-state index contributed by atoms with van der Waals surface area (Å²) < 4.78 is 38.7. The molecule has 142 valence electrons. The second-order valence-corrected chi connectivity index (χ2v) is 5.71. The third-order valence-electron chi connectivity index (χ3n) is 3.83. The predicted molar refractivity (Wildman–Crippen MR) is 105 cm³/mol. The highest BCUT2D eigenvalue weighted by atomic mass is 127. The van der Waals surface area contributed by atoms with Crippen LogP contribution in [0.2, 0.25) is 0 Å². The summed E-state index contributed by atoms with van der Waals surface area (Å²) in [5, 5.41) is 9.24. The topological polar surface area (TPSA) is 61.3 Å². The largest absolute Gasteiger partial charge is 0.419 e. The average molecular weight is 471 g/mol. The van der Waals surface area contributed by atoms with Gasteiger partial charge in [0.25, 0.3) is 0 Å². The van der Waals surface area contributed by atoms with E-state index in [0.29, 0.717) is 18.5 Å². The minimum absolute atomic E-state index is 0. The minimum atomic E-state index is -4.42. The second-order valence-electron chi connectivity index (χ2n) is 5.71. The number of guanidine groups is 1. The van der Waals surface area contributed by atoms with Crippen molar-refractivity contribution in [2.24, 2.45) is 4.99 Å². The molecule has 2 rings (SSSR count). The molecule has 0 spiro atoms. The third-order valence-corrected chi connectivity index (χ3v) is 3.83. The van der Waals surface area contributed by atoms with Gasteiger partial charge in [-0.15, -0.1) is 24.0 Å². The Morgan fingerprint density at radius 1 is 1.32 bits per heavy atom. The number of aromatic nitrogens is 1. The molecule has 1 aliphatic rings. The monoisotopic (exact) mass is 471 g/mol. The van der Waals surface area contributed by atoms with Crippen molar-refractivity contribution in [3.63, 3.8) is 0 Å². The van der Waals surface area contributed by atoms with Crippen LogP contribution in [0.25, 0.3) is 0 Å². The Labute approximate surface area is 163 Å². The lowest BCUT2D eigenvalue weighted by molar-refractivity contribution is -0.137. The fraction of sp³-hybridized carbons (Fsp3) is 0.625. The van der Waals surface area contributed by atoms with Crippen molar-refractivity contribution in [1.29, 1.82) is 0 Å². The Balaban J connectivity index is 0.00000312. The molecule has 25 heavy (non-hydrogen) atoms. The lowest BCUT2D eigenvalue weighted by Crippen LogP contribution is -2.42. The van der Waals surface area contributed by atoms with Gasteiger partial charge in [-0.1, -0.05) is 12.8 Å². The third kappa shape index (κ3) is 7.25. The van der Waals surface area contributed by atoms with Crippen LogP contribution in [0.3, 0.4) is 0 Å². The lowest BCUT2D eigenvalue weighted by Gasteiger charge is -2.17. The zero-order chi connectivity index (χ0) is 17.4. The highest BCUT2D eigenvalue weighted by molar-refractivity contribution is 14.0. The van der Waals surface area contributed by atoms with Crippen LogP contribution in [0.1, 0.15) is 38.2 Å². The first-order chi connectivity index (χ1) is 11.5. The number of nitrogens with zero attached hydrogens (tertiary/aromatic N) is 2. The zero-order valence-corrected chi connectivity index (χ0v) is 16.5. The molecular weight excluding hydrogens is 446 g/mol. The molecule has 0 aliphatic heterocycles. The highest BCUT2D eigenvalue weighted by Gasteiger charge is 2.33. The van der Waals surface area contributed by atoms with Crippen molar-refractivity contribution >= 4 is 35.8 Å². The van der Waals surface area contributed by atoms with Gasteiger partial charge >= 0.3 is 6.18 Å². The number of aliphatic imine (C=N–C) groups is 1. The van der Waals surface area contributed by atoms with E-state index in [1.165, 1.54) is 25.1 Å². The summed E-state index contributed by atoms with van der Waals surface area (Å²) in [5.74, 6) is 0.553. The summed E-state index contributed by atoms with van der Waals surface area (Å²) in [4.78, 5) is 8.18. The van der Waals surface area contributed by atoms with E-state index < -0.39 is 11.7 Å². The summed E-state index contributed by atoms with van der Waals surface area (Å²) in [6.45, 7) is 3.36. The number of rotatable bonds is 6. The van der Waals surface area contributed by atoms with Crippen molar-refractivity contribution in [3.05, 3.63) is 23.9 Å². The molecule has 5 nitrogen and oxygen atoms in total. The van der Waals surface area contributed by atoms with E-state index in [9.17, 15) is 13.2 Å². The molecule has 1 aromatic rings. The first-order valence-corrected chi connectivity index (χ1v) is 8.31. The molecule has 0 unspecified atom stereocenters. The maximum atomic E-state index is 12.9. The molecule has 0 saturated heterocycles. The van der Waals surface area contributed by atoms with Crippen LogP contribution in [-0.2, 0) is 6.18 Å². The van der Waals surface area contributed by atoms with E-state index in [-0.39, 0.29) is 36.3 Å². The van der Waals surface area contributed by atoms with Crippen molar-refractivity contribution in [2.45, 2.75) is 44.8 Å². The fourth-order valence-corrected chi connectivity index (χ4v) is 2.70. The first-order valence-electron chi connectivity index (χ1n) is 8.31. The van der Waals surface area contributed by atoms with Crippen LogP contribution >= 0.6 is 24.0 Å². The summed E-state index contributed by atoms with van der Waals surface area (Å²) in [5.41, 5.74) is -0.759. The van der Waals surface area contributed by atoms with Gasteiger partial charge in [-0.25, -0.2) is 4.98 Å². The molecule has 1 aliphatic carbocycles. The maximum Gasteiger partial charge on any atom is 0.419 e. The van der Waals surface area contributed by atoms with Crippen LogP contribution in [0.15, 0.2) is 23.3 Å². The number of halogens is 4. The van der Waals surface area contributed by atoms with Crippen molar-refractivity contribution in [2.75, 3.05) is 25.0 Å². The molecule has 0 radical (unpaired) electrons. The van der Waals surface area contributed by atoms with Gasteiger partial charge in [0.15, 0.2) is 5.96 Å². The SMILES string of the molecule is CCNC(=NCCNc1ncccc1C(F)(F)F)NC1CCCC1.I. The Hall–Kier alpha value is -1.26. The molecule has 1 fully saturated rings. The van der Waals surface area contributed by atoms with Crippen LogP contribution in [0.4, 0.5) is 19.0 Å². The highest BCUT2D eigenvalue weighted by Crippen LogP contribution is 2.33. The van der Waals surface area contributed by atoms with E-state index in [4.69, 9.17) is 0 Å². The second kappa shape index (κ2) is 10.7. The Bertz CT molecular complexity index is 545. The van der Waals surface area contributed by atoms with Gasteiger partial charge < -0.3 is 16.0 Å². The van der Waals surface area contributed by atoms with Gasteiger partial charge in [-0.3, -0.25) is 4.99 Å². The van der Waals surface area contributed by atoms with E-state index in [1.807, 2.05) is 6.92 Å². The van der Waals surface area contributed by atoms with Crippen LogP contribution in [0, 0.1) is 0 Å². The van der Waals surface area contributed by atoms with Gasteiger partial charge in [0, 0.05) is 25.3 Å². The summed E-state index contributed by atoms with van der Waals surface area (Å²) in [6.07, 6.45) is 1.62. The van der Waals surface area contributed by atoms with Gasteiger partial charge in [0.2, 0.25) is 0 Å². The number of pyridine rings is 1. The zero-order valence-electron chi connectivity index (χ0n) is 14.2. The molecule has 0 aromatic carbocycles. The number of nitrogens with one attached hydrogen (secondary N) is 3. The van der Waals surface area contributed by atoms with Crippen molar-refractivity contribution in [1.82, 2.24) is 15.6 Å². The summed E-state index contributed by atoms with van der Waals surface area (Å²) in [7, 11) is 0. The first kappa shape index (κ1) is 21.8.